The summed E-state index contributed by atoms with van der Waals surface area (Å²) in [6.07, 6.45) is 1.14. The molecule has 92 valence electrons. The summed E-state index contributed by atoms with van der Waals surface area (Å²) in [4.78, 5) is 11.3. The smallest absolute Gasteiger partial charge is 0.335 e. The molecule has 0 aliphatic carbocycles. The summed E-state index contributed by atoms with van der Waals surface area (Å²) in [7, 11) is 0. The van der Waals surface area contributed by atoms with E-state index in [1.807, 2.05) is 6.92 Å². The second-order valence-corrected chi connectivity index (χ2v) is 4.00. The van der Waals surface area contributed by atoms with Gasteiger partial charge < -0.3 is 14.2 Å². The van der Waals surface area contributed by atoms with Crippen molar-refractivity contribution in [3.8, 4) is 0 Å². The Morgan fingerprint density at radius 1 is 1.50 bits per heavy atom. The van der Waals surface area contributed by atoms with E-state index in [1.54, 1.807) is 20.8 Å². The van der Waals surface area contributed by atoms with Crippen molar-refractivity contribution in [1.29, 1.82) is 0 Å². The van der Waals surface area contributed by atoms with Gasteiger partial charge in [0, 0.05) is 19.4 Å². The average Bonchev–Trinajstić information content (AvgIpc) is 2.12. The molecule has 1 atom stereocenters. The van der Waals surface area contributed by atoms with Gasteiger partial charge in [-0.25, -0.2) is 4.79 Å². The Morgan fingerprint density at radius 3 is 2.50 bits per heavy atom. The maximum Gasteiger partial charge on any atom is 0.335 e. The number of hydrogen-bond donors (Lipinski definition) is 0. The van der Waals surface area contributed by atoms with Crippen LogP contribution in [0.4, 0.5) is 0 Å². The summed E-state index contributed by atoms with van der Waals surface area (Å²) >= 11 is 0. The van der Waals surface area contributed by atoms with E-state index in [1.165, 1.54) is 6.26 Å². The molecule has 0 amide bonds. The summed E-state index contributed by atoms with van der Waals surface area (Å²) in [5.41, 5.74) is 0.340. The lowest BCUT2D eigenvalue weighted by Gasteiger charge is -2.28. The molecule has 0 heterocycles. The first kappa shape index (κ1) is 14.7. The summed E-state index contributed by atoms with van der Waals surface area (Å²) < 4.78 is 15.6. The Hall–Kier alpha value is -1.29. The van der Waals surface area contributed by atoms with Crippen molar-refractivity contribution < 1.29 is 19.0 Å². The highest BCUT2D eigenvalue weighted by Crippen LogP contribution is 2.16. The SMILES string of the molecule is C=COCC(C)OC(C)(C)OC(=O)C(=C)C. The van der Waals surface area contributed by atoms with Crippen LogP contribution in [0.5, 0.6) is 0 Å². The molecule has 4 nitrogen and oxygen atoms in total. The Balaban J connectivity index is 4.17. The van der Waals surface area contributed by atoms with Crippen molar-refractivity contribution >= 4 is 5.97 Å². The van der Waals surface area contributed by atoms with E-state index in [4.69, 9.17) is 14.2 Å². The van der Waals surface area contributed by atoms with Gasteiger partial charge in [-0.15, -0.1) is 0 Å². The monoisotopic (exact) mass is 228 g/mol. The van der Waals surface area contributed by atoms with Gasteiger partial charge in [0.2, 0.25) is 5.79 Å². The summed E-state index contributed by atoms with van der Waals surface area (Å²) in [6.45, 7) is 14.0. The van der Waals surface area contributed by atoms with Crippen LogP contribution < -0.4 is 0 Å². The van der Waals surface area contributed by atoms with Crippen LogP contribution in [0.25, 0.3) is 0 Å². The van der Waals surface area contributed by atoms with Crippen molar-refractivity contribution in [1.82, 2.24) is 0 Å². The number of hydrogen-bond acceptors (Lipinski definition) is 4. The first-order chi connectivity index (χ1) is 7.28. The second kappa shape index (κ2) is 6.33. The van der Waals surface area contributed by atoms with E-state index in [2.05, 4.69) is 13.2 Å². The number of carbonyl (C=O) groups excluding carboxylic acids is 1. The zero-order valence-electron chi connectivity index (χ0n) is 10.4. The molecule has 1 unspecified atom stereocenters. The van der Waals surface area contributed by atoms with Crippen molar-refractivity contribution in [3.05, 3.63) is 25.0 Å². The Kier molecular flexibility index (Phi) is 5.82. The van der Waals surface area contributed by atoms with Crippen molar-refractivity contribution in [2.45, 2.75) is 39.6 Å². The summed E-state index contributed by atoms with van der Waals surface area (Å²) in [5, 5.41) is 0. The fraction of sp³-hybridized carbons (Fsp3) is 0.583. The highest BCUT2D eigenvalue weighted by Gasteiger charge is 2.26. The van der Waals surface area contributed by atoms with Crippen LogP contribution in [0.2, 0.25) is 0 Å². The standard InChI is InChI=1S/C12H20O4/c1-7-14-8-10(4)15-12(5,6)16-11(13)9(2)3/h7,10H,1-2,8H2,3-6H3. The van der Waals surface area contributed by atoms with Crippen LogP contribution in [-0.4, -0.2) is 24.5 Å². The van der Waals surface area contributed by atoms with Gasteiger partial charge in [0.05, 0.1) is 12.4 Å². The van der Waals surface area contributed by atoms with Gasteiger partial charge in [0.15, 0.2) is 0 Å². The molecule has 0 N–H and O–H groups in total. The minimum absolute atomic E-state index is 0.203. The first-order valence-electron chi connectivity index (χ1n) is 5.07. The van der Waals surface area contributed by atoms with Crippen LogP contribution in [0, 0.1) is 0 Å². The van der Waals surface area contributed by atoms with Gasteiger partial charge in [-0.2, -0.15) is 0 Å². The van der Waals surface area contributed by atoms with Crippen LogP contribution in [0.3, 0.4) is 0 Å². The van der Waals surface area contributed by atoms with Gasteiger partial charge in [-0.3, -0.25) is 0 Å². The topological polar surface area (TPSA) is 44.8 Å². The maximum atomic E-state index is 11.3. The van der Waals surface area contributed by atoms with Crippen LogP contribution in [0.1, 0.15) is 27.7 Å². The number of carbonyl (C=O) groups is 1. The molecular weight excluding hydrogens is 208 g/mol. The molecule has 4 heteroatoms. The molecule has 0 bridgehead atoms. The first-order valence-corrected chi connectivity index (χ1v) is 5.07. The third kappa shape index (κ3) is 6.24. The maximum absolute atomic E-state index is 11.3. The van der Waals surface area contributed by atoms with E-state index < -0.39 is 11.8 Å². The molecule has 0 saturated heterocycles. The van der Waals surface area contributed by atoms with Crippen molar-refractivity contribution in [2.24, 2.45) is 0 Å². The zero-order valence-corrected chi connectivity index (χ0v) is 10.4. The van der Waals surface area contributed by atoms with Gasteiger partial charge in [-0.05, 0) is 13.8 Å². The quantitative estimate of drug-likeness (QED) is 0.290. The lowest BCUT2D eigenvalue weighted by Crippen LogP contribution is -2.36. The third-order valence-corrected chi connectivity index (χ3v) is 1.62. The Labute approximate surface area is 96.9 Å². The van der Waals surface area contributed by atoms with Crippen LogP contribution in [0.15, 0.2) is 25.0 Å². The Bertz CT molecular complexity index is 268. The molecule has 0 saturated carbocycles. The molecule has 0 aromatic heterocycles. The van der Waals surface area contributed by atoms with E-state index in [0.717, 1.165) is 0 Å². The fourth-order valence-electron chi connectivity index (χ4n) is 1.06. The molecule has 0 aromatic carbocycles. The second-order valence-electron chi connectivity index (χ2n) is 4.00. The summed E-state index contributed by atoms with van der Waals surface area (Å²) in [6, 6.07) is 0. The van der Waals surface area contributed by atoms with Crippen molar-refractivity contribution in [3.63, 3.8) is 0 Å². The number of esters is 1. The molecule has 0 spiro atoms. The molecule has 0 aromatic rings. The van der Waals surface area contributed by atoms with Gasteiger partial charge in [0.25, 0.3) is 0 Å². The molecule has 16 heavy (non-hydrogen) atoms. The zero-order chi connectivity index (χ0) is 12.8. The van der Waals surface area contributed by atoms with E-state index in [-0.39, 0.29) is 6.10 Å². The molecule has 0 aliphatic rings. The van der Waals surface area contributed by atoms with Gasteiger partial charge in [-0.1, -0.05) is 13.2 Å². The fourth-order valence-corrected chi connectivity index (χ4v) is 1.06. The van der Waals surface area contributed by atoms with E-state index >= 15 is 0 Å². The number of ether oxygens (including phenoxy) is 3. The predicted octanol–water partition coefficient (Wildman–Crippen LogP) is 2.41. The van der Waals surface area contributed by atoms with E-state index in [9.17, 15) is 4.79 Å². The highest BCUT2D eigenvalue weighted by atomic mass is 16.7. The van der Waals surface area contributed by atoms with E-state index in [0.29, 0.717) is 12.2 Å². The average molecular weight is 228 g/mol. The number of rotatable bonds is 7. The minimum Gasteiger partial charge on any atom is -0.499 e. The molecule has 0 aliphatic heterocycles. The highest BCUT2D eigenvalue weighted by molar-refractivity contribution is 5.87. The lowest BCUT2D eigenvalue weighted by atomic mass is 10.3. The van der Waals surface area contributed by atoms with Crippen LogP contribution >= 0.6 is 0 Å². The van der Waals surface area contributed by atoms with Crippen molar-refractivity contribution in [2.75, 3.05) is 6.61 Å². The lowest BCUT2D eigenvalue weighted by molar-refractivity contribution is -0.231. The largest absolute Gasteiger partial charge is 0.499 e. The molecule has 0 radical (unpaired) electrons. The van der Waals surface area contributed by atoms with Gasteiger partial charge >= 0.3 is 5.97 Å². The van der Waals surface area contributed by atoms with Crippen LogP contribution in [-0.2, 0) is 19.0 Å². The molecule has 0 fully saturated rings. The third-order valence-electron chi connectivity index (χ3n) is 1.62. The summed E-state index contributed by atoms with van der Waals surface area (Å²) in [5.74, 6) is -1.47. The Morgan fingerprint density at radius 2 is 2.06 bits per heavy atom. The predicted molar refractivity (Wildman–Crippen MR) is 61.7 cm³/mol. The molecular formula is C12H20O4. The normalized spacial score (nSPS) is 12.8. The molecule has 0 rings (SSSR count). The minimum atomic E-state index is -1.00. The van der Waals surface area contributed by atoms with Gasteiger partial charge in [0.1, 0.15) is 6.61 Å².